The van der Waals surface area contributed by atoms with E-state index in [4.69, 9.17) is 16.7 Å². The highest BCUT2D eigenvalue weighted by atomic mass is 35.5. The van der Waals surface area contributed by atoms with Crippen LogP contribution in [0.4, 0.5) is 5.82 Å². The fraction of sp³-hybridized carbons (Fsp3) is 0.583. The summed E-state index contributed by atoms with van der Waals surface area (Å²) < 4.78 is 0. The van der Waals surface area contributed by atoms with Crippen LogP contribution in [0, 0.1) is 0 Å². The molecule has 0 saturated heterocycles. The summed E-state index contributed by atoms with van der Waals surface area (Å²) in [4.78, 5) is 6.49. The summed E-state index contributed by atoms with van der Waals surface area (Å²) in [7, 11) is 0. The van der Waals surface area contributed by atoms with Crippen molar-refractivity contribution >= 4 is 17.4 Å². The number of halogens is 1. The number of aliphatic hydroxyl groups is 1. The van der Waals surface area contributed by atoms with E-state index in [0.717, 1.165) is 24.3 Å². The minimum Gasteiger partial charge on any atom is -0.392 e. The molecule has 4 heteroatoms. The summed E-state index contributed by atoms with van der Waals surface area (Å²) in [5.41, 5.74) is 0.744. The van der Waals surface area contributed by atoms with E-state index in [-0.39, 0.29) is 6.61 Å². The average molecular weight is 243 g/mol. The van der Waals surface area contributed by atoms with Gasteiger partial charge in [0.05, 0.1) is 11.6 Å². The van der Waals surface area contributed by atoms with Crippen molar-refractivity contribution in [3.8, 4) is 0 Å². The minimum absolute atomic E-state index is 0.0253. The average Bonchev–Trinajstić information content (AvgIpc) is 2.31. The zero-order valence-corrected chi connectivity index (χ0v) is 10.8. The number of nitrogens with zero attached hydrogens (tertiary/aromatic N) is 2. The predicted molar refractivity (Wildman–Crippen MR) is 67.9 cm³/mol. The molecule has 1 N–H and O–H groups in total. The molecule has 1 heterocycles. The molecule has 3 nitrogen and oxygen atoms in total. The number of aromatic nitrogens is 1. The third-order valence-electron chi connectivity index (χ3n) is 2.80. The highest BCUT2D eigenvalue weighted by molar-refractivity contribution is 6.33. The first-order valence-electron chi connectivity index (χ1n) is 5.65. The Morgan fingerprint density at radius 2 is 2.19 bits per heavy atom. The van der Waals surface area contributed by atoms with Crippen LogP contribution in [-0.4, -0.2) is 22.7 Å². The van der Waals surface area contributed by atoms with Gasteiger partial charge in [0.25, 0.3) is 0 Å². The maximum absolute atomic E-state index is 8.99. The summed E-state index contributed by atoms with van der Waals surface area (Å²) in [5, 5.41) is 9.60. The van der Waals surface area contributed by atoms with Gasteiger partial charge in [-0.2, -0.15) is 0 Å². The molecule has 0 aliphatic rings. The van der Waals surface area contributed by atoms with Gasteiger partial charge in [0.2, 0.25) is 0 Å². The van der Waals surface area contributed by atoms with E-state index in [0.29, 0.717) is 11.1 Å². The second-order valence-corrected chi connectivity index (χ2v) is 4.26. The van der Waals surface area contributed by atoms with Crippen molar-refractivity contribution in [2.75, 3.05) is 11.4 Å². The second kappa shape index (κ2) is 6.06. The van der Waals surface area contributed by atoms with Gasteiger partial charge < -0.3 is 10.0 Å². The zero-order valence-electron chi connectivity index (χ0n) is 10.1. The Morgan fingerprint density at radius 3 is 2.62 bits per heavy atom. The van der Waals surface area contributed by atoms with Crippen molar-refractivity contribution in [3.05, 3.63) is 22.8 Å². The summed E-state index contributed by atoms with van der Waals surface area (Å²) in [6.45, 7) is 7.23. The zero-order chi connectivity index (χ0) is 12.1. The molecule has 90 valence electrons. The van der Waals surface area contributed by atoms with Gasteiger partial charge in [0.15, 0.2) is 0 Å². The molecule has 0 saturated carbocycles. The van der Waals surface area contributed by atoms with Gasteiger partial charge in [-0.05, 0) is 31.9 Å². The smallest absolute Gasteiger partial charge is 0.147 e. The lowest BCUT2D eigenvalue weighted by molar-refractivity contribution is 0.281. The highest BCUT2D eigenvalue weighted by Gasteiger charge is 2.15. The molecular formula is C12H19ClN2O. The van der Waals surface area contributed by atoms with E-state index < -0.39 is 0 Å². The summed E-state index contributed by atoms with van der Waals surface area (Å²) in [6, 6.07) is 2.18. The first-order chi connectivity index (χ1) is 7.63. The molecule has 0 radical (unpaired) electrons. The second-order valence-electron chi connectivity index (χ2n) is 3.85. The molecule has 0 aromatic carbocycles. The van der Waals surface area contributed by atoms with Crippen LogP contribution < -0.4 is 4.90 Å². The number of rotatable bonds is 5. The van der Waals surface area contributed by atoms with Gasteiger partial charge in [-0.1, -0.05) is 18.5 Å². The Balaban J connectivity index is 3.01. The van der Waals surface area contributed by atoms with Gasteiger partial charge in [-0.15, -0.1) is 0 Å². The van der Waals surface area contributed by atoms with Crippen molar-refractivity contribution < 1.29 is 5.11 Å². The molecule has 16 heavy (non-hydrogen) atoms. The molecule has 0 aliphatic carbocycles. The van der Waals surface area contributed by atoms with E-state index in [9.17, 15) is 0 Å². The van der Waals surface area contributed by atoms with Crippen LogP contribution >= 0.6 is 11.6 Å². The molecule has 1 unspecified atom stereocenters. The maximum atomic E-state index is 8.99. The monoisotopic (exact) mass is 242 g/mol. The third kappa shape index (κ3) is 2.86. The van der Waals surface area contributed by atoms with Crippen LogP contribution in [0.3, 0.4) is 0 Å². The Labute approximate surface area is 102 Å². The SMILES string of the molecule is CCC(C)N(CC)c1ncc(CO)cc1Cl. The summed E-state index contributed by atoms with van der Waals surface area (Å²) in [6.07, 6.45) is 2.72. The Morgan fingerprint density at radius 1 is 1.50 bits per heavy atom. The number of hydrogen-bond donors (Lipinski definition) is 1. The Hall–Kier alpha value is -0.800. The largest absolute Gasteiger partial charge is 0.392 e. The molecule has 0 aliphatic heterocycles. The minimum atomic E-state index is -0.0253. The topological polar surface area (TPSA) is 36.4 Å². The van der Waals surface area contributed by atoms with E-state index in [1.54, 1.807) is 12.3 Å². The van der Waals surface area contributed by atoms with Crippen LogP contribution in [0.5, 0.6) is 0 Å². The fourth-order valence-corrected chi connectivity index (χ4v) is 1.96. The number of aliphatic hydroxyl groups excluding tert-OH is 1. The molecule has 0 fully saturated rings. The molecule has 0 spiro atoms. The first-order valence-corrected chi connectivity index (χ1v) is 6.03. The summed E-state index contributed by atoms with van der Waals surface area (Å²) >= 11 is 6.17. The van der Waals surface area contributed by atoms with E-state index in [2.05, 4.69) is 30.7 Å². The predicted octanol–water partition coefficient (Wildman–Crippen LogP) is 2.85. The Bertz CT molecular complexity index is 344. The number of pyridine rings is 1. The van der Waals surface area contributed by atoms with Crippen LogP contribution in [0.25, 0.3) is 0 Å². The lowest BCUT2D eigenvalue weighted by atomic mass is 10.2. The van der Waals surface area contributed by atoms with E-state index in [1.807, 2.05) is 0 Å². The highest BCUT2D eigenvalue weighted by Crippen LogP contribution is 2.26. The van der Waals surface area contributed by atoms with Crippen LogP contribution in [-0.2, 0) is 6.61 Å². The molecule has 1 atom stereocenters. The van der Waals surface area contributed by atoms with Gasteiger partial charge in [0, 0.05) is 18.8 Å². The van der Waals surface area contributed by atoms with Crippen molar-refractivity contribution in [2.24, 2.45) is 0 Å². The van der Waals surface area contributed by atoms with Gasteiger partial charge >= 0.3 is 0 Å². The lowest BCUT2D eigenvalue weighted by Gasteiger charge is -2.29. The normalized spacial score (nSPS) is 12.6. The number of hydrogen-bond acceptors (Lipinski definition) is 3. The van der Waals surface area contributed by atoms with Crippen LogP contribution in [0.15, 0.2) is 12.3 Å². The van der Waals surface area contributed by atoms with E-state index in [1.165, 1.54) is 0 Å². The maximum Gasteiger partial charge on any atom is 0.147 e. The third-order valence-corrected chi connectivity index (χ3v) is 3.07. The van der Waals surface area contributed by atoms with Crippen molar-refractivity contribution in [1.82, 2.24) is 4.98 Å². The molecule has 1 rings (SSSR count). The quantitative estimate of drug-likeness (QED) is 0.863. The molecular weight excluding hydrogens is 224 g/mol. The first kappa shape index (κ1) is 13.3. The van der Waals surface area contributed by atoms with Crippen molar-refractivity contribution in [2.45, 2.75) is 39.8 Å². The van der Waals surface area contributed by atoms with Crippen molar-refractivity contribution in [1.29, 1.82) is 0 Å². The molecule has 1 aromatic rings. The Kier molecular flexibility index (Phi) is 5.03. The molecule has 0 bridgehead atoms. The lowest BCUT2D eigenvalue weighted by Crippen LogP contribution is -2.33. The van der Waals surface area contributed by atoms with Crippen molar-refractivity contribution in [3.63, 3.8) is 0 Å². The summed E-state index contributed by atoms with van der Waals surface area (Å²) in [5.74, 6) is 0.802. The van der Waals surface area contributed by atoms with Gasteiger partial charge in [-0.25, -0.2) is 4.98 Å². The van der Waals surface area contributed by atoms with E-state index >= 15 is 0 Å². The number of anilines is 1. The fourth-order valence-electron chi connectivity index (χ4n) is 1.66. The molecule has 1 aromatic heterocycles. The molecule has 0 amide bonds. The van der Waals surface area contributed by atoms with Gasteiger partial charge in [-0.3, -0.25) is 0 Å². The van der Waals surface area contributed by atoms with Crippen LogP contribution in [0.2, 0.25) is 5.02 Å². The van der Waals surface area contributed by atoms with Gasteiger partial charge in [0.1, 0.15) is 5.82 Å². The van der Waals surface area contributed by atoms with Crippen LogP contribution in [0.1, 0.15) is 32.8 Å². The standard InChI is InChI=1S/C12H19ClN2O/c1-4-9(3)15(5-2)12-11(13)6-10(8-16)7-14-12/h6-7,9,16H,4-5,8H2,1-3H3.